The lowest BCUT2D eigenvalue weighted by Gasteiger charge is -2.44. The second-order valence-electron chi connectivity index (χ2n) is 12.2. The molecule has 2 aliphatic heterocycles. The molecule has 7 N–H and O–H groups in total. The number of esters is 3. The van der Waals surface area contributed by atoms with Gasteiger partial charge in [0.2, 0.25) is 17.3 Å². The topological polar surface area (TPSA) is 285 Å². The van der Waals surface area contributed by atoms with Crippen LogP contribution in [-0.2, 0) is 42.8 Å². The molecule has 0 aromatic heterocycles. The molecule has 9 atom stereocenters. The van der Waals surface area contributed by atoms with Gasteiger partial charge in [-0.3, -0.25) is 4.79 Å². The molecule has 2 heterocycles. The number of aromatic hydroxyl groups is 2. The van der Waals surface area contributed by atoms with Crippen molar-refractivity contribution in [1.82, 2.24) is 0 Å². The van der Waals surface area contributed by atoms with E-state index in [1.807, 2.05) is 0 Å². The summed E-state index contributed by atoms with van der Waals surface area (Å²) >= 11 is 0. The van der Waals surface area contributed by atoms with E-state index in [1.54, 1.807) is 0 Å². The van der Waals surface area contributed by atoms with Crippen LogP contribution in [0.4, 0.5) is 0 Å². The highest BCUT2D eigenvalue weighted by atomic mass is 16.8. The molecule has 0 unspecified atom stereocenters. The van der Waals surface area contributed by atoms with E-state index in [1.165, 1.54) is 64.9 Å². The van der Waals surface area contributed by atoms with Crippen LogP contribution in [-0.4, -0.2) is 157 Å². The molecule has 56 heavy (non-hydrogen) atoms. The Balaban J connectivity index is 1.54. The third-order valence-electron chi connectivity index (χ3n) is 8.60. The van der Waals surface area contributed by atoms with Gasteiger partial charge in [-0.05, 0) is 47.5 Å². The quantitative estimate of drug-likeness (QED) is 0.0619. The molecule has 20 heteroatoms. The van der Waals surface area contributed by atoms with Gasteiger partial charge in [0.1, 0.15) is 43.7 Å². The maximum Gasteiger partial charge on any atom is 0.331 e. The van der Waals surface area contributed by atoms with Crippen LogP contribution < -0.4 is 18.9 Å². The highest BCUT2D eigenvalue weighted by molar-refractivity contribution is 5.88. The average Bonchev–Trinajstić information content (AvgIpc) is 3.45. The highest BCUT2D eigenvalue weighted by Crippen LogP contribution is 2.40. The fourth-order valence-corrected chi connectivity index (χ4v) is 5.81. The molecule has 2 aliphatic rings. The van der Waals surface area contributed by atoms with E-state index in [0.717, 1.165) is 19.1 Å². The number of ether oxygens (including phenoxy) is 10. The monoisotopic (exact) mass is 796 g/mol. The summed E-state index contributed by atoms with van der Waals surface area (Å²) in [5, 5.41) is 73.7. The maximum atomic E-state index is 13.0. The lowest BCUT2D eigenvalue weighted by atomic mass is 9.98. The third-order valence-corrected chi connectivity index (χ3v) is 8.60. The normalized spacial score (nSPS) is 27.5. The molecule has 0 radical (unpaired) electrons. The molecule has 0 saturated carbocycles. The molecular formula is C36H44O20. The zero-order chi connectivity index (χ0) is 41.3. The number of aliphatic hydroxyl groups excluding tert-OH is 5. The number of phenolic OH excluding ortho intramolecular Hbond substituents is 2. The summed E-state index contributed by atoms with van der Waals surface area (Å²) < 4.78 is 53.4. The smallest absolute Gasteiger partial charge is 0.331 e. The first-order valence-corrected chi connectivity index (χ1v) is 16.7. The molecule has 308 valence electrons. The minimum atomic E-state index is -2.54. The largest absolute Gasteiger partial charge is 0.502 e. The van der Waals surface area contributed by atoms with Crippen LogP contribution in [0.2, 0.25) is 0 Å². The summed E-state index contributed by atoms with van der Waals surface area (Å²) in [6.45, 7) is -1.73. The van der Waals surface area contributed by atoms with E-state index >= 15 is 0 Å². The van der Waals surface area contributed by atoms with Crippen molar-refractivity contribution in [1.29, 1.82) is 0 Å². The van der Waals surface area contributed by atoms with Gasteiger partial charge in [-0.1, -0.05) is 0 Å². The molecule has 20 nitrogen and oxygen atoms in total. The summed E-state index contributed by atoms with van der Waals surface area (Å²) in [6.07, 6.45) is -9.95. The van der Waals surface area contributed by atoms with Gasteiger partial charge in [0, 0.05) is 19.1 Å². The number of carbonyl (C=O) groups is 3. The van der Waals surface area contributed by atoms with Crippen molar-refractivity contribution in [3.05, 3.63) is 47.5 Å². The summed E-state index contributed by atoms with van der Waals surface area (Å²) in [4.78, 5) is 37.7. The van der Waals surface area contributed by atoms with Crippen molar-refractivity contribution in [2.24, 2.45) is 0 Å². The van der Waals surface area contributed by atoms with E-state index in [2.05, 4.69) is 0 Å². The number of hydrogen-bond donors (Lipinski definition) is 7. The van der Waals surface area contributed by atoms with Gasteiger partial charge >= 0.3 is 17.9 Å². The van der Waals surface area contributed by atoms with E-state index in [4.69, 9.17) is 47.4 Å². The first kappa shape index (κ1) is 43.5. The van der Waals surface area contributed by atoms with Crippen molar-refractivity contribution in [2.75, 3.05) is 48.3 Å². The summed E-state index contributed by atoms with van der Waals surface area (Å²) in [5.74, 6) is -5.90. The summed E-state index contributed by atoms with van der Waals surface area (Å²) in [7, 11) is 5.24. The van der Waals surface area contributed by atoms with Crippen LogP contribution in [0, 0.1) is 0 Å². The van der Waals surface area contributed by atoms with Gasteiger partial charge in [0.05, 0.1) is 35.0 Å². The summed E-state index contributed by atoms with van der Waals surface area (Å²) in [6, 6.07) is 5.58. The van der Waals surface area contributed by atoms with Crippen LogP contribution >= 0.6 is 0 Å². The third kappa shape index (κ3) is 9.78. The predicted molar refractivity (Wildman–Crippen MR) is 186 cm³/mol. The van der Waals surface area contributed by atoms with Gasteiger partial charge in [-0.2, -0.15) is 0 Å². The first-order chi connectivity index (χ1) is 26.6. The minimum absolute atomic E-state index is 0.0281. The van der Waals surface area contributed by atoms with E-state index in [0.29, 0.717) is 11.1 Å². The van der Waals surface area contributed by atoms with Gasteiger partial charge in [0.15, 0.2) is 41.5 Å². The van der Waals surface area contributed by atoms with Crippen molar-refractivity contribution in [2.45, 2.75) is 61.7 Å². The van der Waals surface area contributed by atoms with Crippen molar-refractivity contribution in [3.8, 4) is 34.5 Å². The van der Waals surface area contributed by atoms with Crippen LogP contribution in [0.5, 0.6) is 34.5 Å². The standard InChI is InChI=1S/C36H44O20/c1-17(39)52-33-25(15-51-26(40)8-6-18-10-20(47-2)28(42)21(11-18)48-3)53-35(32(46)31(33)45)56-36(16-38)34(30(44)24(14-37)55-36)54-27(41)9-7-19-12-22(49-4)29(43)23(13-19)50-5/h6-13,24-25,30-35,37-38,42-46H,14-16H2,1-5H3/t24-,25-,30-,31-,32-,33-,34+,35-,36+/m1/s1. The lowest BCUT2D eigenvalue weighted by Crippen LogP contribution is -2.64. The second-order valence-corrected chi connectivity index (χ2v) is 12.2. The zero-order valence-electron chi connectivity index (χ0n) is 30.8. The molecule has 2 fully saturated rings. The van der Waals surface area contributed by atoms with Crippen molar-refractivity contribution < 1.29 is 97.5 Å². The van der Waals surface area contributed by atoms with E-state index in [-0.39, 0.29) is 34.5 Å². The van der Waals surface area contributed by atoms with Crippen LogP contribution in [0.25, 0.3) is 12.2 Å². The summed E-state index contributed by atoms with van der Waals surface area (Å²) in [5.41, 5.74) is 0.681. The number of phenols is 2. The fourth-order valence-electron chi connectivity index (χ4n) is 5.81. The zero-order valence-corrected chi connectivity index (χ0v) is 30.8. The molecule has 0 spiro atoms. The lowest BCUT2D eigenvalue weighted by molar-refractivity contribution is -0.383. The number of hydrogen-bond acceptors (Lipinski definition) is 20. The predicted octanol–water partition coefficient (Wildman–Crippen LogP) is -0.851. The maximum absolute atomic E-state index is 13.0. The Morgan fingerprint density at radius 2 is 1.23 bits per heavy atom. The van der Waals surface area contributed by atoms with E-state index in [9.17, 15) is 50.1 Å². The van der Waals surface area contributed by atoms with Gasteiger partial charge in [-0.15, -0.1) is 0 Å². The molecule has 4 rings (SSSR count). The Hall–Kier alpha value is -5.19. The Kier molecular flexibility index (Phi) is 14.9. The van der Waals surface area contributed by atoms with Gasteiger partial charge < -0.3 is 83.1 Å². The molecule has 0 bridgehead atoms. The number of carbonyl (C=O) groups excluding carboxylic acids is 3. The molecule has 0 aliphatic carbocycles. The molecule has 2 aromatic rings. The Morgan fingerprint density at radius 1 is 0.732 bits per heavy atom. The van der Waals surface area contributed by atoms with Gasteiger partial charge in [-0.25, -0.2) is 9.59 Å². The number of aliphatic hydroxyl groups is 5. The number of benzene rings is 2. The molecule has 2 aromatic carbocycles. The Morgan fingerprint density at radius 3 is 1.68 bits per heavy atom. The fraction of sp³-hybridized carbons (Fsp3) is 0.472. The number of methoxy groups -OCH3 is 4. The molecule has 2 saturated heterocycles. The highest BCUT2D eigenvalue weighted by Gasteiger charge is 2.61. The Labute approximate surface area is 319 Å². The molecular weight excluding hydrogens is 752 g/mol. The second kappa shape index (κ2) is 19.1. The minimum Gasteiger partial charge on any atom is -0.502 e. The van der Waals surface area contributed by atoms with Crippen LogP contribution in [0.15, 0.2) is 36.4 Å². The number of rotatable bonds is 16. The first-order valence-electron chi connectivity index (χ1n) is 16.7. The average molecular weight is 797 g/mol. The molecule has 0 amide bonds. The Bertz CT molecular complexity index is 1710. The van der Waals surface area contributed by atoms with Gasteiger partial charge in [0.25, 0.3) is 0 Å². The van der Waals surface area contributed by atoms with Crippen molar-refractivity contribution >= 4 is 30.1 Å². The van der Waals surface area contributed by atoms with E-state index < -0.39 is 92.5 Å². The van der Waals surface area contributed by atoms with Crippen LogP contribution in [0.1, 0.15) is 18.1 Å². The van der Waals surface area contributed by atoms with Crippen LogP contribution in [0.3, 0.4) is 0 Å². The van der Waals surface area contributed by atoms with Crippen molar-refractivity contribution in [3.63, 3.8) is 0 Å². The SMILES string of the molecule is COc1cc(C=CC(=O)OC[C@H]2O[C@H](O[C@]3(CO)O[C@H](CO)[C@@H](O)[C@@H]3OC(=O)C=Cc3cc(OC)c(O)c(OC)c3)[C@H](O)[C@@H](O)[C@@H]2OC(C)=O)cc(OC)c1O.